The Hall–Kier alpha value is -2.73. The number of alkyl halides is 3. The predicted molar refractivity (Wildman–Crippen MR) is 123 cm³/mol. The number of carbonyl (C=O) groups excluding carboxylic acids is 1. The molecule has 1 spiro atoms. The lowest BCUT2D eigenvalue weighted by Crippen LogP contribution is -2.52. The number of hydrogen-bond donors (Lipinski definition) is 2. The predicted octanol–water partition coefficient (Wildman–Crippen LogP) is 4.22. The van der Waals surface area contributed by atoms with Gasteiger partial charge < -0.3 is 10.2 Å². The molecule has 2 fully saturated rings. The number of nitrogens with one attached hydrogen (secondary N) is 2. The number of hydrogen-bond acceptors (Lipinski definition) is 3. The van der Waals surface area contributed by atoms with Crippen LogP contribution in [0.5, 0.6) is 0 Å². The van der Waals surface area contributed by atoms with Crippen molar-refractivity contribution in [1.29, 1.82) is 0 Å². The highest BCUT2D eigenvalue weighted by atomic mass is 32.2. The van der Waals surface area contributed by atoms with Crippen LogP contribution in [0.15, 0.2) is 42.5 Å². The average Bonchev–Trinajstić information content (AvgIpc) is 3.55. The largest absolute Gasteiger partial charge is 0.332 e. The molecule has 1 saturated heterocycles. The lowest BCUT2D eigenvalue weighted by atomic mass is 9.91. The quantitative estimate of drug-likeness (QED) is 0.501. The summed E-state index contributed by atoms with van der Waals surface area (Å²) in [7, 11) is -4.38. The van der Waals surface area contributed by atoms with Gasteiger partial charge in [0.25, 0.3) is 5.92 Å². The molecule has 2 aromatic carbocycles. The second kappa shape index (κ2) is 9.62. The van der Waals surface area contributed by atoms with Gasteiger partial charge in [0.15, 0.2) is 0 Å². The number of sulfonamides is 1. The van der Waals surface area contributed by atoms with Gasteiger partial charge >= 0.3 is 6.03 Å². The van der Waals surface area contributed by atoms with Gasteiger partial charge in [0.2, 0.25) is 16.0 Å². The smallest absolute Gasteiger partial charge is 0.317 e. The summed E-state index contributed by atoms with van der Waals surface area (Å²) >= 11 is 0. The Bertz CT molecular complexity index is 1230. The van der Waals surface area contributed by atoms with Crippen LogP contribution in [0.1, 0.15) is 25.3 Å². The van der Waals surface area contributed by atoms with Gasteiger partial charge in [-0.3, -0.25) is 0 Å². The summed E-state index contributed by atoms with van der Waals surface area (Å²) in [4.78, 5) is 14.1. The molecule has 1 saturated carbocycles. The summed E-state index contributed by atoms with van der Waals surface area (Å²) in [5.74, 6) is -4.70. The van der Waals surface area contributed by atoms with Crippen LogP contribution < -0.4 is 10.0 Å². The van der Waals surface area contributed by atoms with Crippen LogP contribution in [0, 0.1) is 17.0 Å². The highest BCUT2D eigenvalue weighted by Gasteiger charge is 2.61. The number of carbonyl (C=O) groups is 1. The molecule has 12 heteroatoms. The SMILES string of the molecule is CC(F)(F)CNC(=O)N1CC2(CC2)[C@H](NS(=O)(=O)CF)[C@@H]1Cc1cc(F)cc(-c2ccccc2)c1F. The van der Waals surface area contributed by atoms with E-state index in [2.05, 4.69) is 10.0 Å². The third kappa shape index (κ3) is 5.64. The van der Waals surface area contributed by atoms with Crippen LogP contribution in [0.4, 0.5) is 26.7 Å². The van der Waals surface area contributed by atoms with Crippen molar-refractivity contribution in [3.8, 4) is 11.1 Å². The summed E-state index contributed by atoms with van der Waals surface area (Å²) in [5, 5.41) is 2.12. The minimum atomic E-state index is -4.38. The molecule has 0 unspecified atom stereocenters. The second-order valence-corrected chi connectivity index (χ2v) is 11.3. The van der Waals surface area contributed by atoms with Crippen molar-refractivity contribution in [2.75, 3.05) is 19.1 Å². The minimum Gasteiger partial charge on any atom is -0.332 e. The maximum absolute atomic E-state index is 15.6. The van der Waals surface area contributed by atoms with E-state index in [1.807, 2.05) is 0 Å². The molecule has 1 heterocycles. The Balaban J connectivity index is 1.72. The zero-order valence-corrected chi connectivity index (χ0v) is 20.2. The molecule has 0 radical (unpaired) electrons. The zero-order valence-electron chi connectivity index (χ0n) is 19.4. The molecule has 2 N–H and O–H groups in total. The maximum Gasteiger partial charge on any atom is 0.317 e. The molecular formula is C24H26F5N3O3S. The van der Waals surface area contributed by atoms with Gasteiger partial charge in [-0.15, -0.1) is 0 Å². The molecule has 0 aromatic heterocycles. The first-order chi connectivity index (χ1) is 16.8. The lowest BCUT2D eigenvalue weighted by molar-refractivity contribution is 0.0237. The average molecular weight is 532 g/mol. The molecular weight excluding hydrogens is 505 g/mol. The van der Waals surface area contributed by atoms with Crippen molar-refractivity contribution in [2.45, 2.75) is 44.2 Å². The summed E-state index contributed by atoms with van der Waals surface area (Å²) in [6.07, 6.45) is 0.676. The van der Waals surface area contributed by atoms with Crippen molar-refractivity contribution in [2.24, 2.45) is 5.41 Å². The van der Waals surface area contributed by atoms with Crippen LogP contribution >= 0.6 is 0 Å². The highest BCUT2D eigenvalue weighted by molar-refractivity contribution is 7.89. The Morgan fingerprint density at radius 2 is 1.83 bits per heavy atom. The third-order valence-electron chi connectivity index (χ3n) is 6.71. The van der Waals surface area contributed by atoms with E-state index in [1.165, 1.54) is 0 Å². The molecule has 36 heavy (non-hydrogen) atoms. The van der Waals surface area contributed by atoms with Crippen LogP contribution in [0.3, 0.4) is 0 Å². The van der Waals surface area contributed by atoms with E-state index in [0.717, 1.165) is 17.0 Å². The Morgan fingerprint density at radius 3 is 2.42 bits per heavy atom. The molecule has 2 amide bonds. The van der Waals surface area contributed by atoms with E-state index in [9.17, 15) is 30.8 Å². The van der Waals surface area contributed by atoms with E-state index in [-0.39, 0.29) is 24.1 Å². The molecule has 1 aliphatic carbocycles. The van der Waals surface area contributed by atoms with Crippen molar-refractivity contribution in [3.63, 3.8) is 0 Å². The standard InChI is InChI=1S/C24H26F5N3O3S/c1-23(28,29)12-30-22(33)32-13-24(7-8-24)21(31-36(34,35)14-25)19(32)10-16-9-17(26)11-18(20(16)27)15-5-3-2-4-6-15/h2-6,9,11,19,21,31H,7-8,10,12-14H2,1H3,(H,30,33)/t19-,21+/m0/s1. The van der Waals surface area contributed by atoms with Crippen molar-refractivity contribution in [3.05, 3.63) is 59.7 Å². The fraction of sp³-hybridized carbons (Fsp3) is 0.458. The lowest BCUT2D eigenvalue weighted by Gasteiger charge is -2.30. The summed E-state index contributed by atoms with van der Waals surface area (Å²) < 4.78 is 96.6. The summed E-state index contributed by atoms with van der Waals surface area (Å²) in [5.41, 5.74) is -0.479. The van der Waals surface area contributed by atoms with Crippen molar-refractivity contribution < 1.29 is 35.2 Å². The second-order valence-electron chi connectivity index (χ2n) is 9.60. The van der Waals surface area contributed by atoms with Gasteiger partial charge in [-0.25, -0.2) is 39.9 Å². The van der Waals surface area contributed by atoms with Crippen LogP contribution in [0.25, 0.3) is 11.1 Å². The molecule has 2 aromatic rings. The summed E-state index contributed by atoms with van der Waals surface area (Å²) in [6.45, 7) is -0.335. The summed E-state index contributed by atoms with van der Waals surface area (Å²) in [6, 6.07) is 5.54. The van der Waals surface area contributed by atoms with Crippen LogP contribution in [0.2, 0.25) is 0 Å². The fourth-order valence-electron chi connectivity index (χ4n) is 4.83. The van der Waals surface area contributed by atoms with Gasteiger partial charge in [0, 0.05) is 30.5 Å². The topological polar surface area (TPSA) is 78.5 Å². The molecule has 2 aliphatic rings. The molecule has 4 rings (SSSR count). The highest BCUT2D eigenvalue weighted by Crippen LogP contribution is 2.55. The molecule has 0 bridgehead atoms. The van der Waals surface area contributed by atoms with Crippen LogP contribution in [-0.4, -0.2) is 56.5 Å². The Kier molecular flexibility index (Phi) is 7.04. The molecule has 6 nitrogen and oxygen atoms in total. The third-order valence-corrected chi connectivity index (χ3v) is 7.61. The number of benzene rings is 2. The number of rotatable bonds is 8. The number of likely N-dealkylation sites (tertiary alicyclic amines) is 1. The van der Waals surface area contributed by atoms with E-state index in [1.54, 1.807) is 30.3 Å². The Labute approximate surface area is 205 Å². The number of nitrogens with zero attached hydrogens (tertiary/aromatic N) is 1. The number of amides is 2. The van der Waals surface area contributed by atoms with E-state index in [4.69, 9.17) is 0 Å². The normalized spacial score (nSPS) is 21.1. The first-order valence-electron chi connectivity index (χ1n) is 11.4. The number of halogens is 5. The van der Waals surface area contributed by atoms with E-state index in [0.29, 0.717) is 25.3 Å². The maximum atomic E-state index is 15.6. The fourth-order valence-corrected chi connectivity index (χ4v) is 5.69. The first kappa shape index (κ1) is 26.3. The van der Waals surface area contributed by atoms with E-state index < -0.39 is 63.7 Å². The molecule has 196 valence electrons. The van der Waals surface area contributed by atoms with E-state index >= 15 is 4.39 Å². The van der Waals surface area contributed by atoms with Crippen LogP contribution in [-0.2, 0) is 16.4 Å². The minimum absolute atomic E-state index is 0.000729. The Morgan fingerprint density at radius 1 is 1.17 bits per heavy atom. The van der Waals surface area contributed by atoms with Crippen molar-refractivity contribution >= 4 is 16.1 Å². The number of urea groups is 1. The van der Waals surface area contributed by atoms with Gasteiger partial charge in [0.1, 0.15) is 11.6 Å². The van der Waals surface area contributed by atoms with Gasteiger partial charge in [-0.05, 0) is 42.5 Å². The molecule has 2 atom stereocenters. The van der Waals surface area contributed by atoms with Gasteiger partial charge in [-0.2, -0.15) is 0 Å². The first-order valence-corrected chi connectivity index (χ1v) is 13.0. The van der Waals surface area contributed by atoms with Gasteiger partial charge in [-0.1, -0.05) is 30.3 Å². The molecule has 1 aliphatic heterocycles. The zero-order chi connectivity index (χ0) is 26.3. The van der Waals surface area contributed by atoms with Gasteiger partial charge in [0.05, 0.1) is 12.6 Å². The monoisotopic (exact) mass is 531 g/mol. The van der Waals surface area contributed by atoms with Crippen molar-refractivity contribution in [1.82, 2.24) is 14.9 Å².